The highest BCUT2D eigenvalue weighted by molar-refractivity contribution is 5.95. The SMILES string of the molecule is CN(c1cc(C(=O)N2C[C@@H]3CCOC[C@]3(C(=O)O)C2)ccn1)C1CCCC1. The number of anilines is 1. The van der Waals surface area contributed by atoms with Gasteiger partial charge in [0.1, 0.15) is 11.2 Å². The molecule has 1 N–H and O–H groups in total. The van der Waals surface area contributed by atoms with Gasteiger partial charge in [0.15, 0.2) is 0 Å². The second kappa shape index (κ2) is 7.11. The molecule has 0 spiro atoms. The van der Waals surface area contributed by atoms with Crippen LogP contribution in [-0.2, 0) is 9.53 Å². The first-order valence-electron chi connectivity index (χ1n) is 9.80. The highest BCUT2D eigenvalue weighted by atomic mass is 16.5. The molecule has 1 aromatic heterocycles. The predicted molar refractivity (Wildman–Crippen MR) is 99.8 cm³/mol. The zero-order chi connectivity index (χ0) is 19.0. The number of pyridine rings is 1. The molecule has 2 saturated heterocycles. The maximum atomic E-state index is 13.1. The Hall–Kier alpha value is -2.15. The molecule has 7 nitrogen and oxygen atoms in total. The van der Waals surface area contributed by atoms with Gasteiger partial charge in [-0.25, -0.2) is 4.98 Å². The van der Waals surface area contributed by atoms with Crippen LogP contribution in [0.2, 0.25) is 0 Å². The van der Waals surface area contributed by atoms with Crippen LogP contribution in [0.25, 0.3) is 0 Å². The average molecular weight is 373 g/mol. The number of aromatic nitrogens is 1. The second-order valence-electron chi connectivity index (χ2n) is 8.14. The van der Waals surface area contributed by atoms with Gasteiger partial charge in [-0.15, -0.1) is 0 Å². The minimum atomic E-state index is -0.968. The predicted octanol–water partition coefficient (Wildman–Crippen LogP) is 2.02. The number of rotatable bonds is 4. The maximum Gasteiger partial charge on any atom is 0.314 e. The van der Waals surface area contributed by atoms with Crippen LogP contribution >= 0.6 is 0 Å². The van der Waals surface area contributed by atoms with Crippen molar-refractivity contribution in [2.75, 3.05) is 38.3 Å². The Morgan fingerprint density at radius 1 is 1.33 bits per heavy atom. The van der Waals surface area contributed by atoms with Crippen molar-refractivity contribution in [3.63, 3.8) is 0 Å². The third kappa shape index (κ3) is 3.18. The Balaban J connectivity index is 1.53. The van der Waals surface area contributed by atoms with Crippen LogP contribution < -0.4 is 4.90 Å². The summed E-state index contributed by atoms with van der Waals surface area (Å²) in [6, 6.07) is 4.04. The van der Waals surface area contributed by atoms with Gasteiger partial charge < -0.3 is 19.6 Å². The van der Waals surface area contributed by atoms with Gasteiger partial charge in [-0.2, -0.15) is 0 Å². The van der Waals surface area contributed by atoms with E-state index in [2.05, 4.69) is 9.88 Å². The van der Waals surface area contributed by atoms with Crippen molar-refractivity contribution in [1.29, 1.82) is 0 Å². The minimum Gasteiger partial charge on any atom is -0.481 e. The summed E-state index contributed by atoms with van der Waals surface area (Å²) in [5, 5.41) is 9.77. The Bertz CT molecular complexity index is 734. The van der Waals surface area contributed by atoms with Crippen molar-refractivity contribution in [3.8, 4) is 0 Å². The Morgan fingerprint density at radius 3 is 2.81 bits per heavy atom. The molecule has 3 aliphatic rings. The molecular formula is C20H27N3O4. The van der Waals surface area contributed by atoms with Crippen LogP contribution in [0.15, 0.2) is 18.3 Å². The third-order valence-electron chi connectivity index (χ3n) is 6.60. The fraction of sp³-hybridized carbons (Fsp3) is 0.650. The van der Waals surface area contributed by atoms with Crippen molar-refractivity contribution < 1.29 is 19.4 Å². The van der Waals surface area contributed by atoms with E-state index in [9.17, 15) is 14.7 Å². The molecule has 0 bridgehead atoms. The van der Waals surface area contributed by atoms with Gasteiger partial charge in [0, 0.05) is 44.5 Å². The molecule has 3 fully saturated rings. The van der Waals surface area contributed by atoms with Gasteiger partial charge in [0.05, 0.1) is 6.61 Å². The van der Waals surface area contributed by atoms with E-state index in [0.29, 0.717) is 31.2 Å². The van der Waals surface area contributed by atoms with Gasteiger partial charge >= 0.3 is 5.97 Å². The number of fused-ring (bicyclic) bond motifs is 1. The van der Waals surface area contributed by atoms with Crippen LogP contribution in [0.4, 0.5) is 5.82 Å². The number of carbonyl (C=O) groups excluding carboxylic acids is 1. The molecule has 0 unspecified atom stereocenters. The molecule has 1 saturated carbocycles. The number of ether oxygens (including phenoxy) is 1. The molecule has 4 rings (SSSR count). The van der Waals surface area contributed by atoms with E-state index in [1.165, 1.54) is 12.8 Å². The smallest absolute Gasteiger partial charge is 0.314 e. The fourth-order valence-corrected chi connectivity index (χ4v) is 4.85. The van der Waals surface area contributed by atoms with E-state index in [4.69, 9.17) is 4.74 Å². The number of carboxylic acids is 1. The topological polar surface area (TPSA) is 83.0 Å². The summed E-state index contributed by atoms with van der Waals surface area (Å²) in [6.45, 7) is 1.43. The first-order chi connectivity index (χ1) is 13.0. The monoisotopic (exact) mass is 373 g/mol. The fourth-order valence-electron chi connectivity index (χ4n) is 4.85. The first-order valence-corrected chi connectivity index (χ1v) is 9.80. The lowest BCUT2D eigenvalue weighted by atomic mass is 9.76. The molecule has 1 aromatic rings. The van der Waals surface area contributed by atoms with E-state index in [-0.39, 0.29) is 25.0 Å². The number of likely N-dealkylation sites (tertiary alicyclic amines) is 1. The largest absolute Gasteiger partial charge is 0.481 e. The number of hydrogen-bond donors (Lipinski definition) is 1. The summed E-state index contributed by atoms with van der Waals surface area (Å²) in [5.74, 6) is -0.219. The second-order valence-corrected chi connectivity index (χ2v) is 8.14. The van der Waals surface area contributed by atoms with E-state index < -0.39 is 11.4 Å². The number of aliphatic carboxylic acids is 1. The molecule has 2 atom stereocenters. The zero-order valence-corrected chi connectivity index (χ0v) is 15.8. The van der Waals surface area contributed by atoms with Gasteiger partial charge in [-0.05, 0) is 37.3 Å². The van der Waals surface area contributed by atoms with Gasteiger partial charge in [-0.3, -0.25) is 9.59 Å². The van der Waals surface area contributed by atoms with E-state index >= 15 is 0 Å². The molecule has 3 heterocycles. The van der Waals surface area contributed by atoms with Gasteiger partial charge in [0.2, 0.25) is 0 Å². The summed E-state index contributed by atoms with van der Waals surface area (Å²) in [5.41, 5.74) is -0.394. The van der Waals surface area contributed by atoms with Crippen molar-refractivity contribution in [3.05, 3.63) is 23.9 Å². The highest BCUT2D eigenvalue weighted by Crippen LogP contribution is 2.42. The molecule has 1 amide bonds. The number of carboxylic acid groups (broad SMARTS) is 1. The maximum absolute atomic E-state index is 13.1. The molecule has 27 heavy (non-hydrogen) atoms. The number of nitrogens with zero attached hydrogens (tertiary/aromatic N) is 3. The van der Waals surface area contributed by atoms with Crippen LogP contribution in [0.3, 0.4) is 0 Å². The van der Waals surface area contributed by atoms with Crippen LogP contribution in [0.1, 0.15) is 42.5 Å². The number of hydrogen-bond acceptors (Lipinski definition) is 5. The average Bonchev–Trinajstić information content (AvgIpc) is 3.35. The van der Waals surface area contributed by atoms with Crippen LogP contribution in [-0.4, -0.2) is 66.3 Å². The van der Waals surface area contributed by atoms with Crippen molar-refractivity contribution in [1.82, 2.24) is 9.88 Å². The highest BCUT2D eigenvalue weighted by Gasteiger charge is 2.55. The molecule has 146 valence electrons. The standard InChI is InChI=1S/C20H27N3O4/c1-22(16-4-2-3-5-16)17-10-14(6-8-21-17)18(24)23-11-15-7-9-27-13-20(15,12-23)19(25)26/h6,8,10,15-16H,2-5,7,9,11-13H2,1H3,(H,25,26)/t15-,20+/m0/s1. The summed E-state index contributed by atoms with van der Waals surface area (Å²) in [7, 11) is 2.04. The Labute approximate surface area is 159 Å². The molecule has 0 radical (unpaired) electrons. The van der Waals surface area contributed by atoms with Crippen molar-refractivity contribution in [2.24, 2.45) is 11.3 Å². The summed E-state index contributed by atoms with van der Waals surface area (Å²) >= 11 is 0. The normalized spacial score (nSPS) is 28.2. The lowest BCUT2D eigenvalue weighted by molar-refractivity contribution is -0.159. The molecule has 0 aromatic carbocycles. The van der Waals surface area contributed by atoms with Crippen molar-refractivity contribution in [2.45, 2.75) is 38.1 Å². The zero-order valence-electron chi connectivity index (χ0n) is 15.8. The lowest BCUT2D eigenvalue weighted by Crippen LogP contribution is -2.46. The molecule has 7 heteroatoms. The summed E-state index contributed by atoms with van der Waals surface area (Å²) in [4.78, 5) is 33.3. The van der Waals surface area contributed by atoms with E-state index in [0.717, 1.165) is 18.7 Å². The summed E-state index contributed by atoms with van der Waals surface area (Å²) in [6.07, 6.45) is 7.15. The van der Waals surface area contributed by atoms with Crippen LogP contribution in [0.5, 0.6) is 0 Å². The van der Waals surface area contributed by atoms with E-state index in [1.807, 2.05) is 13.1 Å². The molecule has 1 aliphatic carbocycles. The molecule has 2 aliphatic heterocycles. The van der Waals surface area contributed by atoms with E-state index in [1.54, 1.807) is 17.2 Å². The third-order valence-corrected chi connectivity index (χ3v) is 6.60. The van der Waals surface area contributed by atoms with Gasteiger partial charge in [-0.1, -0.05) is 12.8 Å². The summed E-state index contributed by atoms with van der Waals surface area (Å²) < 4.78 is 5.45. The molecular weight excluding hydrogens is 346 g/mol. The minimum absolute atomic E-state index is 0.0461. The number of amides is 1. The Morgan fingerprint density at radius 2 is 2.11 bits per heavy atom. The Kier molecular flexibility index (Phi) is 4.80. The first kappa shape index (κ1) is 18.2. The van der Waals surface area contributed by atoms with Gasteiger partial charge in [0.25, 0.3) is 5.91 Å². The number of carbonyl (C=O) groups is 2. The van der Waals surface area contributed by atoms with Crippen LogP contribution in [0, 0.1) is 11.3 Å². The quantitative estimate of drug-likeness (QED) is 0.869. The lowest BCUT2D eigenvalue weighted by Gasteiger charge is -2.33. The van der Waals surface area contributed by atoms with Crippen molar-refractivity contribution >= 4 is 17.7 Å².